The highest BCUT2D eigenvalue weighted by atomic mass is 16.5. The molecule has 4 aromatic rings. The van der Waals surface area contributed by atoms with Crippen LogP contribution in [0.4, 0.5) is 5.69 Å². The molecule has 10 rings (SSSR count). The maximum Gasteiger partial charge on any atom is 0.262 e. The first-order valence-electron chi connectivity index (χ1n) is 21.6. The number of likely N-dealkylation sites (tertiary alicyclic amines) is 2. The Bertz CT molecular complexity index is 2270. The number of phenolic OH excluding ortho intramolecular Hbond substituents is 1. The summed E-state index contributed by atoms with van der Waals surface area (Å²) in [5, 5.41) is 12.9. The fraction of sp³-hybridized carbons (Fsp3) is 0.408. The van der Waals surface area contributed by atoms with Crippen LogP contribution < -0.4 is 15.0 Å². The van der Waals surface area contributed by atoms with Gasteiger partial charge in [0.2, 0.25) is 5.91 Å². The van der Waals surface area contributed by atoms with Crippen molar-refractivity contribution in [1.82, 2.24) is 20.0 Å². The van der Waals surface area contributed by atoms with Crippen LogP contribution >= 0.6 is 0 Å². The second kappa shape index (κ2) is 15.6. The van der Waals surface area contributed by atoms with Gasteiger partial charge in [-0.1, -0.05) is 55.1 Å². The summed E-state index contributed by atoms with van der Waals surface area (Å²) in [7, 11) is 0. The molecule has 0 aromatic heterocycles. The fourth-order valence-electron chi connectivity index (χ4n) is 11.1. The molecule has 1 aliphatic carbocycles. The molecule has 2 N–H and O–H groups in total. The third kappa shape index (κ3) is 7.20. The lowest BCUT2D eigenvalue weighted by atomic mass is 9.69. The average molecular weight is 792 g/mol. The number of allylic oxidation sites excluding steroid dienone is 1. The zero-order chi connectivity index (χ0) is 40.2. The quantitative estimate of drug-likeness (QED) is 0.171. The summed E-state index contributed by atoms with van der Waals surface area (Å²) in [4.78, 5) is 48.2. The molecule has 4 saturated heterocycles. The minimum atomic E-state index is -0.796. The average Bonchev–Trinajstić information content (AvgIpc) is 3.93. The zero-order valence-electron chi connectivity index (χ0n) is 33.6. The fourth-order valence-corrected chi connectivity index (χ4v) is 11.1. The van der Waals surface area contributed by atoms with Gasteiger partial charge in [-0.3, -0.25) is 29.1 Å². The number of piperazine rings is 1. The molecule has 0 spiro atoms. The summed E-state index contributed by atoms with van der Waals surface area (Å²) in [5.74, 6) is 1.43. The van der Waals surface area contributed by atoms with Crippen LogP contribution in [0.25, 0.3) is 0 Å². The molecule has 10 heteroatoms. The molecule has 304 valence electrons. The molecule has 5 aliphatic heterocycles. The van der Waals surface area contributed by atoms with Gasteiger partial charge in [-0.25, -0.2) is 0 Å². The van der Waals surface area contributed by atoms with E-state index in [4.69, 9.17) is 4.74 Å². The molecule has 2 bridgehead atoms. The Morgan fingerprint density at radius 1 is 0.780 bits per heavy atom. The minimum Gasteiger partial charge on any atom is -0.508 e. The van der Waals surface area contributed by atoms with E-state index in [1.54, 1.807) is 6.07 Å². The number of ether oxygens (including phenoxy) is 1. The van der Waals surface area contributed by atoms with Crippen LogP contribution in [-0.2, 0) is 11.2 Å². The maximum absolute atomic E-state index is 13.5. The Morgan fingerprint density at radius 3 is 2.34 bits per heavy atom. The number of nitrogens with one attached hydrogen (secondary N) is 1. The Labute approximate surface area is 346 Å². The minimum absolute atomic E-state index is 0.226. The lowest BCUT2D eigenvalue weighted by Gasteiger charge is -2.39. The number of carbonyl (C=O) groups excluding carboxylic acids is 3. The highest BCUT2D eigenvalue weighted by Crippen LogP contribution is 2.47. The van der Waals surface area contributed by atoms with E-state index in [0.29, 0.717) is 65.9 Å². The second-order valence-corrected chi connectivity index (χ2v) is 17.6. The Hall–Kier alpha value is -5.45. The van der Waals surface area contributed by atoms with E-state index in [1.807, 2.05) is 24.3 Å². The number of anilines is 1. The Balaban J connectivity index is 0.690. The van der Waals surface area contributed by atoms with Gasteiger partial charge in [0.05, 0.1) is 11.1 Å². The summed E-state index contributed by atoms with van der Waals surface area (Å²) < 4.78 is 6.29. The molecule has 5 atom stereocenters. The highest BCUT2D eigenvalue weighted by Gasteiger charge is 2.47. The first-order valence-corrected chi connectivity index (χ1v) is 21.6. The van der Waals surface area contributed by atoms with Crippen molar-refractivity contribution in [1.29, 1.82) is 0 Å². The van der Waals surface area contributed by atoms with Gasteiger partial charge in [-0.15, -0.1) is 0 Å². The van der Waals surface area contributed by atoms with Crippen molar-refractivity contribution < 1.29 is 24.2 Å². The number of fused-ring (bicyclic) bond motifs is 4. The number of hydrogen-bond acceptors (Lipinski definition) is 8. The van der Waals surface area contributed by atoms with Gasteiger partial charge in [-0.05, 0) is 135 Å². The van der Waals surface area contributed by atoms with E-state index in [1.165, 1.54) is 35.1 Å². The molecule has 4 aromatic carbocycles. The topological polar surface area (TPSA) is 106 Å². The molecular formula is C49H53N5O5. The van der Waals surface area contributed by atoms with Crippen LogP contribution in [0, 0.1) is 5.92 Å². The van der Waals surface area contributed by atoms with Crippen molar-refractivity contribution in [2.75, 3.05) is 50.8 Å². The molecule has 6 aliphatic rings. The van der Waals surface area contributed by atoms with E-state index >= 15 is 0 Å². The lowest BCUT2D eigenvalue weighted by molar-refractivity contribution is -0.125. The number of imide groups is 1. The third-order valence-electron chi connectivity index (χ3n) is 14.2. The molecule has 59 heavy (non-hydrogen) atoms. The molecule has 5 heterocycles. The number of nitrogens with zero attached hydrogens (tertiary/aromatic N) is 4. The molecule has 0 radical (unpaired) electrons. The second-order valence-electron chi connectivity index (χ2n) is 17.6. The summed E-state index contributed by atoms with van der Waals surface area (Å²) in [6, 6.07) is 31.1. The smallest absolute Gasteiger partial charge is 0.262 e. The predicted octanol–water partition coefficient (Wildman–Crippen LogP) is 6.70. The van der Waals surface area contributed by atoms with E-state index < -0.39 is 6.04 Å². The van der Waals surface area contributed by atoms with Crippen molar-refractivity contribution in [2.24, 2.45) is 5.92 Å². The van der Waals surface area contributed by atoms with Gasteiger partial charge in [0, 0.05) is 55.6 Å². The van der Waals surface area contributed by atoms with E-state index in [-0.39, 0.29) is 23.6 Å². The molecular weight excluding hydrogens is 739 g/mol. The van der Waals surface area contributed by atoms with Gasteiger partial charge >= 0.3 is 0 Å². The maximum atomic E-state index is 13.5. The Morgan fingerprint density at radius 2 is 1.58 bits per heavy atom. The van der Waals surface area contributed by atoms with Crippen LogP contribution in [-0.4, -0.2) is 102 Å². The predicted molar refractivity (Wildman–Crippen MR) is 227 cm³/mol. The summed E-state index contributed by atoms with van der Waals surface area (Å²) in [6.07, 6.45) is 6.47. The number of aryl methyl sites for hydroxylation is 1. The molecule has 0 saturated carbocycles. The van der Waals surface area contributed by atoms with Gasteiger partial charge in [0.1, 0.15) is 24.1 Å². The van der Waals surface area contributed by atoms with Crippen LogP contribution in [0.1, 0.15) is 93.3 Å². The summed E-state index contributed by atoms with van der Waals surface area (Å²) in [5.41, 5.74) is 7.59. The number of hydrogen-bond donors (Lipinski definition) is 2. The van der Waals surface area contributed by atoms with E-state index in [2.05, 4.69) is 87.3 Å². The van der Waals surface area contributed by atoms with Crippen LogP contribution in [0.3, 0.4) is 0 Å². The molecule has 3 amide bonds. The standard InChI is InChI=1S/C49H53N5O5/c1-31-7-18-45(47(56)50-31)54-48(57)43-16-11-36(27-44(43)49(54)58)53-30-37-26-38(53)29-52(37)28-32-19-21-51(22-20-32)23-24-59-40-13-8-34(9-14-40)46-41(33-5-3-2-4-6-33)15-10-35-25-39(55)12-17-42(35)46/h2-6,8-9,11-14,16-17,25,27,32,37-38,41,45-46,55H,1,7,10,15,18-24,26,28-30H2,(H,50,56)/t37-,38-,41-,45?,46+/m1/s1. The van der Waals surface area contributed by atoms with Gasteiger partial charge < -0.3 is 20.1 Å². The van der Waals surface area contributed by atoms with Crippen molar-refractivity contribution in [2.45, 2.75) is 74.9 Å². The highest BCUT2D eigenvalue weighted by molar-refractivity contribution is 6.23. The summed E-state index contributed by atoms with van der Waals surface area (Å²) in [6.45, 7) is 10.7. The van der Waals surface area contributed by atoms with Crippen LogP contribution in [0.5, 0.6) is 11.5 Å². The summed E-state index contributed by atoms with van der Waals surface area (Å²) >= 11 is 0. The first kappa shape index (κ1) is 37.8. The number of piperidine rings is 2. The van der Waals surface area contributed by atoms with Crippen molar-refractivity contribution >= 4 is 23.4 Å². The van der Waals surface area contributed by atoms with Gasteiger partial charge in [0.15, 0.2) is 0 Å². The zero-order valence-corrected chi connectivity index (χ0v) is 33.6. The molecule has 1 unspecified atom stereocenters. The normalized spacial score (nSPS) is 26.0. The number of rotatable bonds is 10. The monoisotopic (exact) mass is 791 g/mol. The van der Waals surface area contributed by atoms with Gasteiger partial charge in [0.25, 0.3) is 11.8 Å². The first-order chi connectivity index (χ1) is 28.8. The molecule has 4 fully saturated rings. The molecule has 10 nitrogen and oxygen atoms in total. The third-order valence-corrected chi connectivity index (χ3v) is 14.2. The van der Waals surface area contributed by atoms with Gasteiger partial charge in [-0.2, -0.15) is 0 Å². The van der Waals surface area contributed by atoms with Crippen molar-refractivity contribution in [3.8, 4) is 11.5 Å². The number of phenols is 1. The van der Waals surface area contributed by atoms with Crippen LogP contribution in [0.15, 0.2) is 103 Å². The Kier molecular flexibility index (Phi) is 10.0. The SMILES string of the molecule is C=C1CCC(N2C(=O)c3ccc(N4C[C@H]5C[C@@H]4CN5CC4CCN(CCOc5ccc([C@@H]6c7ccc(O)cc7CC[C@@H]6c6ccccc6)cc5)CC4)cc3C2=O)C(=O)N1. The van der Waals surface area contributed by atoms with E-state index in [9.17, 15) is 19.5 Å². The van der Waals surface area contributed by atoms with Crippen molar-refractivity contribution in [3.63, 3.8) is 0 Å². The van der Waals surface area contributed by atoms with E-state index in [0.717, 1.165) is 74.9 Å². The largest absolute Gasteiger partial charge is 0.508 e. The number of benzene rings is 4. The lowest BCUT2D eigenvalue weighted by Crippen LogP contribution is -2.51. The number of carbonyl (C=O) groups is 3. The number of amides is 3. The van der Waals surface area contributed by atoms with Crippen LogP contribution in [0.2, 0.25) is 0 Å². The van der Waals surface area contributed by atoms with Crippen molar-refractivity contribution in [3.05, 3.63) is 137 Å². The number of aromatic hydroxyl groups is 1.